The molecule has 1 N–H and O–H groups in total. The fourth-order valence-electron chi connectivity index (χ4n) is 1.58. The summed E-state index contributed by atoms with van der Waals surface area (Å²) in [4.78, 5) is 17.7. The molecule has 0 amide bonds. The van der Waals surface area contributed by atoms with Crippen LogP contribution in [0.15, 0.2) is 5.51 Å². The number of aryl methyl sites for hydroxylation is 1. The lowest BCUT2D eigenvalue weighted by molar-refractivity contribution is -0.167. The van der Waals surface area contributed by atoms with Crippen LogP contribution in [0.1, 0.15) is 52.1 Å². The van der Waals surface area contributed by atoms with Crippen LogP contribution in [0.2, 0.25) is 0 Å². The van der Waals surface area contributed by atoms with E-state index in [2.05, 4.69) is 10.3 Å². The van der Waals surface area contributed by atoms with Gasteiger partial charge in [-0.1, -0.05) is 0 Å². The molecular formula is C15H26N2O2S. The first-order chi connectivity index (χ1) is 9.04. The highest BCUT2D eigenvalue weighted by atomic mass is 32.1. The standard InChI is InChI=1S/C15H26N2O2S/c1-10-12(20-9-17-10)8-16-11(2)15(6,7)13(18)19-14(3,4)5/h9,11,16H,8H2,1-7H3. The molecule has 0 bridgehead atoms. The number of ether oxygens (including phenoxy) is 1. The summed E-state index contributed by atoms with van der Waals surface area (Å²) in [6, 6.07) is 0.0128. The summed E-state index contributed by atoms with van der Waals surface area (Å²) in [7, 11) is 0. The average molecular weight is 298 g/mol. The summed E-state index contributed by atoms with van der Waals surface area (Å²) in [5, 5.41) is 3.40. The maximum Gasteiger partial charge on any atom is 0.313 e. The molecule has 1 aromatic rings. The molecule has 1 heterocycles. The van der Waals surface area contributed by atoms with Gasteiger partial charge in [-0.05, 0) is 48.5 Å². The molecule has 0 spiro atoms. The second-order valence-corrected chi connectivity index (χ2v) is 7.63. The molecule has 0 saturated heterocycles. The fourth-order valence-corrected chi connectivity index (χ4v) is 2.31. The summed E-state index contributed by atoms with van der Waals surface area (Å²) >= 11 is 1.63. The molecule has 1 rings (SSSR count). The number of rotatable bonds is 5. The van der Waals surface area contributed by atoms with Gasteiger partial charge in [-0.15, -0.1) is 11.3 Å². The molecule has 0 aliphatic heterocycles. The van der Waals surface area contributed by atoms with Crippen LogP contribution in [-0.2, 0) is 16.1 Å². The molecule has 0 aromatic carbocycles. The van der Waals surface area contributed by atoms with Gasteiger partial charge in [-0.3, -0.25) is 4.79 Å². The van der Waals surface area contributed by atoms with Crippen molar-refractivity contribution in [1.29, 1.82) is 0 Å². The van der Waals surface area contributed by atoms with Crippen molar-refractivity contribution >= 4 is 17.3 Å². The molecule has 1 unspecified atom stereocenters. The van der Waals surface area contributed by atoms with Gasteiger partial charge in [-0.25, -0.2) is 4.98 Å². The molecule has 0 aliphatic rings. The minimum absolute atomic E-state index is 0.0128. The third kappa shape index (κ3) is 4.56. The van der Waals surface area contributed by atoms with Crippen LogP contribution in [0.3, 0.4) is 0 Å². The Morgan fingerprint density at radius 2 is 2.00 bits per heavy atom. The Labute approximate surface area is 125 Å². The zero-order valence-electron chi connectivity index (χ0n) is 13.5. The number of aromatic nitrogens is 1. The molecule has 0 radical (unpaired) electrons. The average Bonchev–Trinajstić information content (AvgIpc) is 2.69. The summed E-state index contributed by atoms with van der Waals surface area (Å²) in [5.41, 5.74) is 1.86. The minimum Gasteiger partial charge on any atom is -0.460 e. The van der Waals surface area contributed by atoms with Crippen molar-refractivity contribution in [2.24, 2.45) is 5.41 Å². The van der Waals surface area contributed by atoms with Gasteiger partial charge in [-0.2, -0.15) is 0 Å². The van der Waals surface area contributed by atoms with Gasteiger partial charge in [0.1, 0.15) is 5.60 Å². The van der Waals surface area contributed by atoms with Gasteiger partial charge in [0.15, 0.2) is 0 Å². The van der Waals surface area contributed by atoms with Crippen LogP contribution < -0.4 is 5.32 Å². The van der Waals surface area contributed by atoms with Crippen LogP contribution in [0.25, 0.3) is 0 Å². The molecule has 5 heteroatoms. The largest absolute Gasteiger partial charge is 0.460 e. The van der Waals surface area contributed by atoms with Gasteiger partial charge >= 0.3 is 5.97 Å². The van der Waals surface area contributed by atoms with Crippen LogP contribution in [0.5, 0.6) is 0 Å². The monoisotopic (exact) mass is 298 g/mol. The smallest absolute Gasteiger partial charge is 0.313 e. The lowest BCUT2D eigenvalue weighted by atomic mass is 9.85. The first-order valence-corrected chi connectivity index (χ1v) is 7.78. The summed E-state index contributed by atoms with van der Waals surface area (Å²) in [6.07, 6.45) is 0. The van der Waals surface area contributed by atoms with E-state index in [9.17, 15) is 4.79 Å². The van der Waals surface area contributed by atoms with Crippen molar-refractivity contribution in [2.75, 3.05) is 0 Å². The Kier molecular flexibility index (Phi) is 5.33. The van der Waals surface area contributed by atoms with Crippen LogP contribution in [0.4, 0.5) is 0 Å². The maximum atomic E-state index is 12.3. The molecule has 20 heavy (non-hydrogen) atoms. The number of nitrogens with one attached hydrogen (secondary N) is 1. The second-order valence-electron chi connectivity index (χ2n) is 6.69. The topological polar surface area (TPSA) is 51.2 Å². The highest BCUT2D eigenvalue weighted by Gasteiger charge is 2.37. The molecule has 114 valence electrons. The minimum atomic E-state index is -0.578. The number of hydrogen-bond acceptors (Lipinski definition) is 5. The molecular weight excluding hydrogens is 272 g/mol. The van der Waals surface area contributed by atoms with Gasteiger partial charge < -0.3 is 10.1 Å². The van der Waals surface area contributed by atoms with Crippen molar-refractivity contribution in [1.82, 2.24) is 10.3 Å². The lowest BCUT2D eigenvalue weighted by Gasteiger charge is -2.33. The Balaban J connectivity index is 2.62. The number of carbonyl (C=O) groups excluding carboxylic acids is 1. The molecule has 0 saturated carbocycles. The van der Waals surface area contributed by atoms with E-state index >= 15 is 0 Å². The summed E-state index contributed by atoms with van der Waals surface area (Å²) in [6.45, 7) is 14.2. The Morgan fingerprint density at radius 1 is 1.40 bits per heavy atom. The first-order valence-electron chi connectivity index (χ1n) is 6.90. The zero-order chi connectivity index (χ0) is 15.6. The van der Waals surface area contributed by atoms with Gasteiger partial charge in [0.25, 0.3) is 0 Å². The number of hydrogen-bond donors (Lipinski definition) is 1. The van der Waals surface area contributed by atoms with Crippen molar-refractivity contribution in [2.45, 2.75) is 66.7 Å². The number of thiazole rings is 1. The van der Waals surface area contributed by atoms with Crippen molar-refractivity contribution in [3.63, 3.8) is 0 Å². The third-order valence-corrected chi connectivity index (χ3v) is 4.36. The normalized spacial score (nSPS) is 14.2. The molecule has 0 aliphatic carbocycles. The van der Waals surface area contributed by atoms with E-state index in [1.165, 1.54) is 4.88 Å². The molecule has 1 atom stereocenters. The van der Waals surface area contributed by atoms with E-state index in [0.717, 1.165) is 12.2 Å². The zero-order valence-corrected chi connectivity index (χ0v) is 14.4. The van der Waals surface area contributed by atoms with Gasteiger partial charge in [0.2, 0.25) is 0 Å². The van der Waals surface area contributed by atoms with Crippen molar-refractivity contribution < 1.29 is 9.53 Å². The summed E-state index contributed by atoms with van der Waals surface area (Å²) in [5.74, 6) is -0.175. The predicted octanol–water partition coefficient (Wildman–Crippen LogP) is 3.30. The van der Waals surface area contributed by atoms with E-state index in [1.807, 2.05) is 54.0 Å². The maximum absolute atomic E-state index is 12.3. The van der Waals surface area contributed by atoms with Gasteiger partial charge in [0, 0.05) is 17.5 Å². The number of nitrogens with zero attached hydrogens (tertiary/aromatic N) is 1. The van der Waals surface area contributed by atoms with Crippen molar-refractivity contribution in [3.8, 4) is 0 Å². The Morgan fingerprint density at radius 3 is 2.45 bits per heavy atom. The van der Waals surface area contributed by atoms with E-state index in [-0.39, 0.29) is 12.0 Å². The van der Waals surface area contributed by atoms with Crippen molar-refractivity contribution in [3.05, 3.63) is 16.1 Å². The first kappa shape index (κ1) is 17.1. The Hall–Kier alpha value is -0.940. The lowest BCUT2D eigenvalue weighted by Crippen LogP contribution is -2.47. The Bertz CT molecular complexity index is 461. The van der Waals surface area contributed by atoms with Gasteiger partial charge in [0.05, 0.1) is 16.6 Å². The molecule has 1 aromatic heterocycles. The van der Waals surface area contributed by atoms with E-state index in [1.54, 1.807) is 11.3 Å². The highest BCUT2D eigenvalue weighted by molar-refractivity contribution is 7.09. The predicted molar refractivity (Wildman–Crippen MR) is 82.8 cm³/mol. The van der Waals surface area contributed by atoms with Crippen LogP contribution in [-0.4, -0.2) is 22.6 Å². The number of esters is 1. The van der Waals surface area contributed by atoms with E-state index in [0.29, 0.717) is 0 Å². The summed E-state index contributed by atoms with van der Waals surface area (Å²) < 4.78 is 5.50. The number of carbonyl (C=O) groups is 1. The van der Waals surface area contributed by atoms with E-state index < -0.39 is 11.0 Å². The SMILES string of the molecule is Cc1ncsc1CNC(C)C(C)(C)C(=O)OC(C)(C)C. The van der Waals surface area contributed by atoms with Crippen LogP contribution in [0, 0.1) is 12.3 Å². The second kappa shape index (κ2) is 6.22. The fraction of sp³-hybridized carbons (Fsp3) is 0.733. The highest BCUT2D eigenvalue weighted by Crippen LogP contribution is 2.26. The quantitative estimate of drug-likeness (QED) is 0.847. The molecule has 4 nitrogen and oxygen atoms in total. The third-order valence-electron chi connectivity index (χ3n) is 3.42. The van der Waals surface area contributed by atoms with E-state index in [4.69, 9.17) is 4.74 Å². The van der Waals surface area contributed by atoms with Crippen LogP contribution >= 0.6 is 11.3 Å². The molecule has 0 fully saturated rings.